The van der Waals surface area contributed by atoms with Crippen molar-refractivity contribution < 1.29 is 4.74 Å². The Morgan fingerprint density at radius 2 is 2.25 bits per heavy atom. The van der Waals surface area contributed by atoms with Crippen molar-refractivity contribution in [3.05, 3.63) is 0 Å². The van der Waals surface area contributed by atoms with Crippen molar-refractivity contribution in [3.63, 3.8) is 0 Å². The molecular weight excluding hydrogens is 220 g/mol. The van der Waals surface area contributed by atoms with E-state index in [2.05, 4.69) is 38.0 Å². The Kier molecular flexibility index (Phi) is 4.68. The minimum absolute atomic E-state index is 0.171. The molecule has 0 saturated carbocycles. The molecule has 0 spiro atoms. The fraction of sp³-hybridized carbons (Fsp3) is 0.917. The Morgan fingerprint density at radius 1 is 1.56 bits per heavy atom. The molecule has 3 nitrogen and oxygen atoms in total. The second kappa shape index (κ2) is 5.41. The van der Waals surface area contributed by atoms with Crippen LogP contribution in [0.1, 0.15) is 40.5 Å². The number of hydrogen-bond acceptors (Lipinski definition) is 3. The molecule has 1 atom stereocenters. The highest BCUT2D eigenvalue weighted by Gasteiger charge is 2.28. The van der Waals surface area contributed by atoms with Gasteiger partial charge >= 0.3 is 0 Å². The lowest BCUT2D eigenvalue weighted by Crippen LogP contribution is -2.48. The zero-order valence-electron chi connectivity index (χ0n) is 11.1. The second-order valence-electron chi connectivity index (χ2n) is 5.22. The maximum Gasteiger partial charge on any atom is 0.157 e. The first kappa shape index (κ1) is 13.8. The van der Waals surface area contributed by atoms with Crippen molar-refractivity contribution >= 4 is 16.9 Å². The molecule has 0 bridgehead atoms. The molecule has 1 rings (SSSR count). The molecule has 1 N–H and O–H groups in total. The summed E-state index contributed by atoms with van der Waals surface area (Å²) in [5.41, 5.74) is 0.0522. The predicted molar refractivity (Wildman–Crippen MR) is 72.3 cm³/mol. The van der Waals surface area contributed by atoms with Gasteiger partial charge in [-0.05, 0) is 33.6 Å². The molecule has 0 aromatic rings. The van der Waals surface area contributed by atoms with Crippen LogP contribution in [0.4, 0.5) is 0 Å². The number of amidine groups is 1. The quantitative estimate of drug-likeness (QED) is 0.825. The first-order valence-corrected chi connectivity index (χ1v) is 6.90. The standard InChI is InChI=1S/C12H24N2OS/c1-6-12(4)7-8-16-10(14-12)13-9-11(2,3)15-5/h6-9H2,1-5H3,(H,13,14). The minimum atomic E-state index is -0.171. The molecule has 0 aromatic heterocycles. The summed E-state index contributed by atoms with van der Waals surface area (Å²) < 4.78 is 5.36. The van der Waals surface area contributed by atoms with Crippen LogP contribution in [0.15, 0.2) is 4.99 Å². The second-order valence-corrected chi connectivity index (χ2v) is 6.31. The third-order valence-corrected chi connectivity index (χ3v) is 4.15. The molecule has 0 amide bonds. The summed E-state index contributed by atoms with van der Waals surface area (Å²) in [5, 5.41) is 4.60. The fourth-order valence-corrected chi connectivity index (χ4v) is 2.63. The van der Waals surface area contributed by atoms with E-state index in [1.165, 1.54) is 6.42 Å². The minimum Gasteiger partial charge on any atom is -0.377 e. The van der Waals surface area contributed by atoms with Crippen LogP contribution in [-0.2, 0) is 4.74 Å². The number of methoxy groups -OCH3 is 1. The Bertz CT molecular complexity index is 266. The Balaban J connectivity index is 2.57. The van der Waals surface area contributed by atoms with Gasteiger partial charge in [0.05, 0.1) is 12.1 Å². The highest BCUT2D eigenvalue weighted by Crippen LogP contribution is 2.25. The highest BCUT2D eigenvalue weighted by atomic mass is 32.2. The number of thioether (sulfide) groups is 1. The molecule has 0 aliphatic carbocycles. The van der Waals surface area contributed by atoms with Crippen LogP contribution in [0.5, 0.6) is 0 Å². The van der Waals surface area contributed by atoms with Gasteiger partial charge in [-0.25, -0.2) is 0 Å². The molecule has 94 valence electrons. The number of aliphatic imine (C=N–C) groups is 1. The SMILES string of the molecule is CCC1(C)CCSC(=NCC(C)(C)OC)N1. The van der Waals surface area contributed by atoms with Gasteiger partial charge in [0.15, 0.2) is 5.17 Å². The van der Waals surface area contributed by atoms with Gasteiger partial charge < -0.3 is 10.1 Å². The van der Waals surface area contributed by atoms with Crippen LogP contribution >= 0.6 is 11.8 Å². The first-order valence-electron chi connectivity index (χ1n) is 5.91. The molecule has 1 aliphatic rings. The van der Waals surface area contributed by atoms with Gasteiger partial charge in [0.1, 0.15) is 0 Å². The van der Waals surface area contributed by atoms with Gasteiger partial charge in [0.2, 0.25) is 0 Å². The summed E-state index contributed by atoms with van der Waals surface area (Å²) >= 11 is 1.82. The van der Waals surface area contributed by atoms with Gasteiger partial charge in [0, 0.05) is 18.4 Å². The third-order valence-electron chi connectivity index (χ3n) is 3.24. The molecule has 1 unspecified atom stereocenters. The van der Waals surface area contributed by atoms with Crippen molar-refractivity contribution in [1.82, 2.24) is 5.32 Å². The summed E-state index contributed by atoms with van der Waals surface area (Å²) in [7, 11) is 1.73. The maximum atomic E-state index is 5.36. The van der Waals surface area contributed by atoms with Crippen LogP contribution in [0.25, 0.3) is 0 Å². The summed E-state index contributed by atoms with van der Waals surface area (Å²) in [4.78, 5) is 4.61. The average molecular weight is 244 g/mol. The van der Waals surface area contributed by atoms with E-state index in [0.29, 0.717) is 6.54 Å². The predicted octanol–water partition coefficient (Wildman–Crippen LogP) is 2.66. The number of nitrogens with zero attached hydrogens (tertiary/aromatic N) is 1. The molecule has 1 saturated heterocycles. The molecule has 1 aliphatic heterocycles. The summed E-state index contributed by atoms with van der Waals surface area (Å²) in [5.74, 6) is 1.16. The maximum absolute atomic E-state index is 5.36. The van der Waals surface area contributed by atoms with Gasteiger partial charge in [0.25, 0.3) is 0 Å². The summed E-state index contributed by atoms with van der Waals surface area (Å²) in [6.07, 6.45) is 2.35. The van der Waals surface area contributed by atoms with Gasteiger partial charge in [-0.3, -0.25) is 4.99 Å². The van der Waals surface area contributed by atoms with Crippen molar-refractivity contribution in [3.8, 4) is 0 Å². The van der Waals surface area contributed by atoms with E-state index in [-0.39, 0.29) is 11.1 Å². The summed E-state index contributed by atoms with van der Waals surface area (Å²) in [6, 6.07) is 0. The van der Waals surface area contributed by atoms with Crippen LogP contribution in [-0.4, -0.2) is 35.7 Å². The summed E-state index contributed by atoms with van der Waals surface area (Å²) in [6.45, 7) is 9.31. The van der Waals surface area contributed by atoms with E-state index in [0.717, 1.165) is 17.3 Å². The number of ether oxygens (including phenoxy) is 1. The smallest absolute Gasteiger partial charge is 0.157 e. The fourth-order valence-electron chi connectivity index (χ4n) is 1.41. The van der Waals surface area contributed by atoms with Gasteiger partial charge in [-0.15, -0.1) is 0 Å². The topological polar surface area (TPSA) is 33.6 Å². The largest absolute Gasteiger partial charge is 0.377 e. The van der Waals surface area contributed by atoms with E-state index in [1.54, 1.807) is 7.11 Å². The van der Waals surface area contributed by atoms with E-state index < -0.39 is 0 Å². The zero-order valence-corrected chi connectivity index (χ0v) is 11.9. The Hall–Kier alpha value is -0.220. The Labute approximate surface area is 103 Å². The lowest BCUT2D eigenvalue weighted by Gasteiger charge is -2.35. The lowest BCUT2D eigenvalue weighted by atomic mass is 9.96. The molecule has 1 heterocycles. The number of nitrogens with one attached hydrogen (secondary N) is 1. The zero-order chi connectivity index (χ0) is 12.2. The molecular formula is C12H24N2OS. The van der Waals surface area contributed by atoms with E-state index >= 15 is 0 Å². The van der Waals surface area contributed by atoms with Crippen molar-refractivity contribution in [2.24, 2.45) is 4.99 Å². The van der Waals surface area contributed by atoms with E-state index in [4.69, 9.17) is 4.74 Å². The van der Waals surface area contributed by atoms with Crippen molar-refractivity contribution in [2.75, 3.05) is 19.4 Å². The van der Waals surface area contributed by atoms with Crippen LogP contribution in [0.3, 0.4) is 0 Å². The van der Waals surface area contributed by atoms with Crippen molar-refractivity contribution in [2.45, 2.75) is 51.7 Å². The van der Waals surface area contributed by atoms with Crippen LogP contribution in [0, 0.1) is 0 Å². The molecule has 4 heteroatoms. The van der Waals surface area contributed by atoms with E-state index in [9.17, 15) is 0 Å². The molecule has 1 fully saturated rings. The third kappa shape index (κ3) is 3.98. The number of hydrogen-bond donors (Lipinski definition) is 1. The molecule has 0 aromatic carbocycles. The monoisotopic (exact) mass is 244 g/mol. The van der Waals surface area contributed by atoms with Crippen LogP contribution in [0.2, 0.25) is 0 Å². The van der Waals surface area contributed by atoms with Gasteiger partial charge in [-0.2, -0.15) is 0 Å². The highest BCUT2D eigenvalue weighted by molar-refractivity contribution is 8.13. The first-order chi connectivity index (χ1) is 7.41. The van der Waals surface area contributed by atoms with E-state index in [1.807, 2.05) is 11.8 Å². The van der Waals surface area contributed by atoms with Crippen molar-refractivity contribution in [1.29, 1.82) is 0 Å². The van der Waals surface area contributed by atoms with Crippen LogP contribution < -0.4 is 5.32 Å². The number of rotatable bonds is 4. The molecule has 0 radical (unpaired) electrons. The normalized spacial score (nSPS) is 29.2. The average Bonchev–Trinajstić information content (AvgIpc) is 2.27. The van der Waals surface area contributed by atoms with Gasteiger partial charge in [-0.1, -0.05) is 18.7 Å². The Morgan fingerprint density at radius 3 is 2.81 bits per heavy atom. The lowest BCUT2D eigenvalue weighted by molar-refractivity contribution is 0.0311. The molecule has 16 heavy (non-hydrogen) atoms.